The molecule has 2 rings (SSSR count). The van der Waals surface area contributed by atoms with E-state index in [0.29, 0.717) is 12.8 Å². The lowest BCUT2D eigenvalue weighted by Gasteiger charge is -2.12. The first-order valence-electron chi connectivity index (χ1n) is 13.4. The maximum Gasteiger partial charge on any atom is 0.339 e. The topological polar surface area (TPSA) is 163 Å². The largest absolute Gasteiger partial charge is 0.465 e. The first kappa shape index (κ1) is 33.5. The summed E-state index contributed by atoms with van der Waals surface area (Å²) in [6.45, 7) is 0. The van der Waals surface area contributed by atoms with Crippen molar-refractivity contribution in [2.24, 2.45) is 0 Å². The Bertz CT molecular complexity index is 1210. The summed E-state index contributed by atoms with van der Waals surface area (Å²) in [5, 5.41) is 5.34. The normalized spacial score (nSPS) is 10.3. The van der Waals surface area contributed by atoms with Gasteiger partial charge in [0.25, 0.3) is 0 Å². The van der Waals surface area contributed by atoms with Gasteiger partial charge < -0.3 is 29.6 Å². The zero-order chi connectivity index (χ0) is 31.1. The third-order valence-corrected chi connectivity index (χ3v) is 6.30. The Hall–Kier alpha value is -4.74. The lowest BCUT2D eigenvalue weighted by Crippen LogP contribution is -2.16. The van der Waals surface area contributed by atoms with Gasteiger partial charge in [-0.05, 0) is 49.2 Å². The van der Waals surface area contributed by atoms with Crippen molar-refractivity contribution in [1.82, 2.24) is 0 Å². The molecular formula is C30H36N2O10. The van der Waals surface area contributed by atoms with E-state index in [1.165, 1.54) is 64.8 Å². The first-order valence-corrected chi connectivity index (χ1v) is 13.4. The molecule has 2 N–H and O–H groups in total. The summed E-state index contributed by atoms with van der Waals surface area (Å²) < 4.78 is 18.9. The second-order valence-electron chi connectivity index (χ2n) is 9.20. The van der Waals surface area contributed by atoms with Gasteiger partial charge >= 0.3 is 23.9 Å². The van der Waals surface area contributed by atoms with Gasteiger partial charge in [0.15, 0.2) is 0 Å². The average molecular weight is 585 g/mol. The second-order valence-corrected chi connectivity index (χ2v) is 9.20. The van der Waals surface area contributed by atoms with Crippen LogP contribution in [0.1, 0.15) is 92.8 Å². The Balaban J connectivity index is 1.75. The Kier molecular flexibility index (Phi) is 13.7. The van der Waals surface area contributed by atoms with Crippen molar-refractivity contribution in [2.75, 3.05) is 39.1 Å². The fourth-order valence-electron chi connectivity index (χ4n) is 4.06. The number of amides is 2. The molecule has 226 valence electrons. The molecule has 42 heavy (non-hydrogen) atoms. The minimum absolute atomic E-state index is 0.125. The fourth-order valence-corrected chi connectivity index (χ4v) is 4.06. The van der Waals surface area contributed by atoms with Gasteiger partial charge in [-0.25, -0.2) is 19.2 Å². The molecule has 2 aromatic rings. The average Bonchev–Trinajstić information content (AvgIpc) is 3.00. The van der Waals surface area contributed by atoms with E-state index in [-0.39, 0.29) is 58.3 Å². The molecule has 0 atom stereocenters. The van der Waals surface area contributed by atoms with E-state index in [2.05, 4.69) is 10.6 Å². The van der Waals surface area contributed by atoms with Crippen molar-refractivity contribution >= 4 is 47.1 Å². The number of ether oxygens (including phenoxy) is 4. The van der Waals surface area contributed by atoms with Gasteiger partial charge in [-0.3, -0.25) is 9.59 Å². The highest BCUT2D eigenvalue weighted by Crippen LogP contribution is 2.22. The van der Waals surface area contributed by atoms with E-state index in [9.17, 15) is 28.8 Å². The van der Waals surface area contributed by atoms with Gasteiger partial charge in [-0.1, -0.05) is 25.7 Å². The molecule has 0 aliphatic carbocycles. The van der Waals surface area contributed by atoms with Crippen LogP contribution in [0.2, 0.25) is 0 Å². The van der Waals surface area contributed by atoms with Gasteiger partial charge in [0, 0.05) is 12.8 Å². The molecule has 0 heterocycles. The van der Waals surface area contributed by atoms with Crippen molar-refractivity contribution < 1.29 is 47.7 Å². The molecule has 0 unspecified atom stereocenters. The summed E-state index contributed by atoms with van der Waals surface area (Å²) in [6, 6.07) is 8.37. The maximum absolute atomic E-state index is 12.5. The highest BCUT2D eigenvalue weighted by Gasteiger charge is 2.18. The van der Waals surface area contributed by atoms with Crippen molar-refractivity contribution in [2.45, 2.75) is 51.4 Å². The maximum atomic E-state index is 12.5. The number of unbranched alkanes of at least 4 members (excludes halogenated alkanes) is 5. The molecule has 0 aromatic heterocycles. The monoisotopic (exact) mass is 584 g/mol. The van der Waals surface area contributed by atoms with Crippen LogP contribution in [0.25, 0.3) is 0 Å². The SMILES string of the molecule is COC(=O)c1ccc(C(=O)OC)c(NC(=O)CCCCCCCCC(=O)Nc2cc(C(=O)OC)ccc2C(=O)OC)c1. The molecule has 2 amide bonds. The van der Waals surface area contributed by atoms with Crippen LogP contribution in [0.5, 0.6) is 0 Å². The van der Waals surface area contributed by atoms with Crippen LogP contribution in [-0.2, 0) is 28.5 Å². The number of hydrogen-bond acceptors (Lipinski definition) is 10. The molecule has 0 saturated heterocycles. The van der Waals surface area contributed by atoms with Crippen LogP contribution >= 0.6 is 0 Å². The standard InChI is InChI=1S/C30H36N2O10/c1-39-27(35)19-13-15-21(29(37)41-3)23(17-19)31-25(33)11-9-7-5-6-8-10-12-26(34)32-24-18-20(28(36)40-2)14-16-22(24)30(38)42-4/h13-18H,5-12H2,1-4H3,(H,31,33)(H,32,34). The van der Waals surface area contributed by atoms with Crippen LogP contribution in [0.15, 0.2) is 36.4 Å². The molecule has 0 aliphatic rings. The van der Waals surface area contributed by atoms with Gasteiger partial charge in [-0.2, -0.15) is 0 Å². The predicted octanol–water partition coefficient (Wildman–Crippen LogP) is 4.53. The summed E-state index contributed by atoms with van der Waals surface area (Å²) in [7, 11) is 4.92. The molecular weight excluding hydrogens is 548 g/mol. The van der Waals surface area contributed by atoms with Crippen molar-refractivity contribution in [3.8, 4) is 0 Å². The molecule has 0 aliphatic heterocycles. The Morgan fingerprint density at radius 2 is 0.833 bits per heavy atom. The van der Waals surface area contributed by atoms with Crippen LogP contribution in [0.4, 0.5) is 11.4 Å². The number of benzene rings is 2. The summed E-state index contributed by atoms with van der Waals surface area (Å²) in [5.41, 5.74) is 0.966. The minimum atomic E-state index is -0.644. The number of esters is 4. The quantitative estimate of drug-likeness (QED) is 0.173. The van der Waals surface area contributed by atoms with E-state index in [1.807, 2.05) is 0 Å². The lowest BCUT2D eigenvalue weighted by atomic mass is 10.1. The van der Waals surface area contributed by atoms with Gasteiger partial charge in [0.1, 0.15) is 0 Å². The van der Waals surface area contributed by atoms with Gasteiger partial charge in [0.05, 0.1) is 62.1 Å². The van der Waals surface area contributed by atoms with Crippen molar-refractivity contribution in [1.29, 1.82) is 0 Å². The van der Waals surface area contributed by atoms with Crippen LogP contribution in [-0.4, -0.2) is 64.1 Å². The van der Waals surface area contributed by atoms with Crippen molar-refractivity contribution in [3.63, 3.8) is 0 Å². The third-order valence-electron chi connectivity index (χ3n) is 6.30. The van der Waals surface area contributed by atoms with Gasteiger partial charge in [-0.15, -0.1) is 0 Å². The molecule has 0 fully saturated rings. The third kappa shape index (κ3) is 10.0. The lowest BCUT2D eigenvalue weighted by molar-refractivity contribution is -0.117. The second kappa shape index (κ2) is 17.2. The minimum Gasteiger partial charge on any atom is -0.465 e. The zero-order valence-electron chi connectivity index (χ0n) is 24.2. The molecule has 0 saturated carbocycles. The zero-order valence-corrected chi connectivity index (χ0v) is 24.2. The molecule has 0 spiro atoms. The number of nitrogens with one attached hydrogen (secondary N) is 2. The fraction of sp³-hybridized carbons (Fsp3) is 0.400. The number of rotatable bonds is 15. The summed E-state index contributed by atoms with van der Waals surface area (Å²) in [4.78, 5) is 72.7. The smallest absolute Gasteiger partial charge is 0.339 e. The van der Waals surface area contributed by atoms with E-state index in [4.69, 9.17) is 18.9 Å². The van der Waals surface area contributed by atoms with Crippen LogP contribution in [0.3, 0.4) is 0 Å². The number of anilines is 2. The number of carbonyl (C=O) groups excluding carboxylic acids is 6. The van der Waals surface area contributed by atoms with E-state index in [1.54, 1.807) is 0 Å². The summed E-state index contributed by atoms with van der Waals surface area (Å²) in [6.07, 6.45) is 4.95. The highest BCUT2D eigenvalue weighted by atomic mass is 16.5. The van der Waals surface area contributed by atoms with Gasteiger partial charge in [0.2, 0.25) is 11.8 Å². The van der Waals surface area contributed by atoms with E-state index >= 15 is 0 Å². The van der Waals surface area contributed by atoms with Crippen LogP contribution in [0, 0.1) is 0 Å². The molecule has 2 aromatic carbocycles. The molecule has 12 nitrogen and oxygen atoms in total. The Labute approximate surface area is 244 Å². The van der Waals surface area contributed by atoms with E-state index in [0.717, 1.165) is 25.7 Å². The molecule has 0 bridgehead atoms. The van der Waals surface area contributed by atoms with E-state index < -0.39 is 23.9 Å². The number of carbonyl (C=O) groups is 6. The number of hydrogen-bond donors (Lipinski definition) is 2. The molecule has 0 radical (unpaired) electrons. The highest BCUT2D eigenvalue weighted by molar-refractivity contribution is 6.04. The van der Waals surface area contributed by atoms with Crippen molar-refractivity contribution in [3.05, 3.63) is 58.7 Å². The summed E-state index contributed by atoms with van der Waals surface area (Å²) in [5.74, 6) is -3.10. The Morgan fingerprint density at radius 3 is 1.17 bits per heavy atom. The summed E-state index contributed by atoms with van der Waals surface area (Å²) >= 11 is 0. The Morgan fingerprint density at radius 1 is 0.500 bits per heavy atom. The van der Waals surface area contributed by atoms with Crippen LogP contribution < -0.4 is 10.6 Å². The first-order chi connectivity index (χ1) is 20.1. The molecule has 12 heteroatoms. The number of methoxy groups -OCH3 is 4. The predicted molar refractivity (Wildman–Crippen MR) is 152 cm³/mol.